The van der Waals surface area contributed by atoms with E-state index in [0.717, 1.165) is 10.9 Å². The predicted molar refractivity (Wildman–Crippen MR) is 83.3 cm³/mol. The Kier molecular flexibility index (Phi) is 7.22. The number of carboxylic acid groups (broad SMARTS) is 1. The molecule has 1 rings (SSSR count). The Morgan fingerprint density at radius 1 is 1.33 bits per heavy atom. The van der Waals surface area contributed by atoms with Gasteiger partial charge < -0.3 is 15.2 Å². The molecule has 0 aliphatic rings. The number of hydrogen-bond donors (Lipinski definition) is 2. The third kappa shape index (κ3) is 6.62. The summed E-state index contributed by atoms with van der Waals surface area (Å²) in [5, 5.41) is 11.6. The molecule has 0 saturated carbocycles. The molecule has 0 radical (unpaired) electrons. The first-order valence-corrected chi connectivity index (χ1v) is 7.66. The van der Waals surface area contributed by atoms with Gasteiger partial charge >= 0.3 is 5.97 Å². The van der Waals surface area contributed by atoms with Crippen LogP contribution < -0.4 is 10.1 Å². The number of carbonyl (C=O) groups excluding carboxylic acids is 1. The molecule has 0 saturated heterocycles. The molecule has 0 heterocycles. The number of ether oxygens (including phenoxy) is 1. The number of halogens is 1. The molecular weight excluding hydrogens is 338 g/mol. The van der Waals surface area contributed by atoms with Crippen LogP contribution in [0.1, 0.15) is 33.1 Å². The van der Waals surface area contributed by atoms with E-state index in [-0.39, 0.29) is 18.4 Å². The fourth-order valence-electron chi connectivity index (χ4n) is 1.87. The summed E-state index contributed by atoms with van der Waals surface area (Å²) in [6.07, 6.45) is 0.674. The highest BCUT2D eigenvalue weighted by Gasteiger charge is 2.20. The van der Waals surface area contributed by atoms with Crippen LogP contribution >= 0.6 is 15.9 Å². The molecule has 0 spiro atoms. The lowest BCUT2D eigenvalue weighted by Crippen LogP contribution is -2.43. The second-order valence-electron chi connectivity index (χ2n) is 4.81. The lowest BCUT2D eigenvalue weighted by atomic mass is 10.1. The van der Waals surface area contributed by atoms with Gasteiger partial charge in [-0.2, -0.15) is 0 Å². The number of hydrogen-bond acceptors (Lipinski definition) is 3. The van der Waals surface area contributed by atoms with E-state index >= 15 is 0 Å². The van der Waals surface area contributed by atoms with Crippen LogP contribution in [0.2, 0.25) is 0 Å². The second-order valence-corrected chi connectivity index (χ2v) is 5.72. The maximum absolute atomic E-state index is 12.0. The first kappa shape index (κ1) is 17.5. The minimum atomic E-state index is -0.921. The number of carbonyl (C=O) groups is 2. The van der Waals surface area contributed by atoms with Gasteiger partial charge in [0.25, 0.3) is 5.91 Å². The van der Waals surface area contributed by atoms with E-state index in [9.17, 15) is 9.59 Å². The number of benzene rings is 1. The molecule has 21 heavy (non-hydrogen) atoms. The fourth-order valence-corrected chi connectivity index (χ4v) is 2.14. The maximum atomic E-state index is 12.0. The molecule has 0 bridgehead atoms. The van der Waals surface area contributed by atoms with Crippen LogP contribution in [0.15, 0.2) is 28.7 Å². The number of nitrogens with one attached hydrogen (secondary N) is 1. The summed E-state index contributed by atoms with van der Waals surface area (Å²) in [6, 6.07) is 6.80. The Balaban J connectivity index is 2.55. The number of aliphatic carboxylic acids is 1. The molecule has 6 heteroatoms. The van der Waals surface area contributed by atoms with E-state index in [2.05, 4.69) is 21.2 Å². The molecule has 1 amide bonds. The van der Waals surface area contributed by atoms with Crippen molar-refractivity contribution in [2.75, 3.05) is 0 Å². The predicted octanol–water partition coefficient (Wildman–Crippen LogP) is 2.98. The van der Waals surface area contributed by atoms with Gasteiger partial charge in [0.1, 0.15) is 5.75 Å². The van der Waals surface area contributed by atoms with Crippen molar-refractivity contribution < 1.29 is 19.4 Å². The molecule has 1 aromatic rings. The Hall–Kier alpha value is -1.56. The SMILES string of the molecule is CCCC(CC(=O)O)NC(=O)C(C)Oc1ccc(Br)cc1. The highest BCUT2D eigenvalue weighted by Crippen LogP contribution is 2.17. The van der Waals surface area contributed by atoms with Gasteiger partial charge in [0.15, 0.2) is 6.10 Å². The molecule has 2 atom stereocenters. The van der Waals surface area contributed by atoms with Crippen LogP contribution in [-0.2, 0) is 9.59 Å². The third-order valence-corrected chi connectivity index (χ3v) is 3.43. The van der Waals surface area contributed by atoms with E-state index in [1.807, 2.05) is 19.1 Å². The highest BCUT2D eigenvalue weighted by atomic mass is 79.9. The first-order chi connectivity index (χ1) is 9.92. The van der Waals surface area contributed by atoms with Crippen molar-refractivity contribution in [1.29, 1.82) is 0 Å². The molecule has 5 nitrogen and oxygen atoms in total. The molecule has 2 N–H and O–H groups in total. The van der Waals surface area contributed by atoms with Gasteiger partial charge in [-0.3, -0.25) is 9.59 Å². The van der Waals surface area contributed by atoms with Crippen LogP contribution in [0.25, 0.3) is 0 Å². The van der Waals surface area contributed by atoms with Crippen LogP contribution in [0, 0.1) is 0 Å². The van der Waals surface area contributed by atoms with Gasteiger partial charge in [-0.15, -0.1) is 0 Å². The Morgan fingerprint density at radius 3 is 2.48 bits per heavy atom. The molecule has 0 aliphatic carbocycles. The number of amides is 1. The van der Waals surface area contributed by atoms with Crippen LogP contribution in [0.4, 0.5) is 0 Å². The number of rotatable bonds is 8. The zero-order chi connectivity index (χ0) is 15.8. The average molecular weight is 358 g/mol. The van der Waals surface area contributed by atoms with Crippen molar-refractivity contribution in [3.63, 3.8) is 0 Å². The van der Waals surface area contributed by atoms with Crippen molar-refractivity contribution in [1.82, 2.24) is 5.32 Å². The summed E-state index contributed by atoms with van der Waals surface area (Å²) in [7, 11) is 0. The third-order valence-electron chi connectivity index (χ3n) is 2.90. The quantitative estimate of drug-likeness (QED) is 0.749. The maximum Gasteiger partial charge on any atom is 0.305 e. The Morgan fingerprint density at radius 2 is 1.95 bits per heavy atom. The molecule has 1 aromatic carbocycles. The van der Waals surface area contributed by atoms with Crippen LogP contribution in [-0.4, -0.2) is 29.1 Å². The molecule has 2 unspecified atom stereocenters. The zero-order valence-corrected chi connectivity index (χ0v) is 13.7. The standard InChI is InChI=1S/C15H20BrNO4/c1-3-4-12(9-14(18)19)17-15(20)10(2)21-13-7-5-11(16)6-8-13/h5-8,10,12H,3-4,9H2,1-2H3,(H,17,20)(H,18,19). The van der Waals surface area contributed by atoms with E-state index in [4.69, 9.17) is 9.84 Å². The van der Waals surface area contributed by atoms with E-state index < -0.39 is 12.1 Å². The van der Waals surface area contributed by atoms with Crippen molar-refractivity contribution in [2.24, 2.45) is 0 Å². The smallest absolute Gasteiger partial charge is 0.305 e. The average Bonchev–Trinajstić information content (AvgIpc) is 2.40. The molecular formula is C15H20BrNO4. The zero-order valence-electron chi connectivity index (χ0n) is 12.1. The minimum absolute atomic E-state index is 0.0788. The van der Waals surface area contributed by atoms with Crippen molar-refractivity contribution in [3.8, 4) is 5.75 Å². The lowest BCUT2D eigenvalue weighted by molar-refractivity contribution is -0.138. The lowest BCUT2D eigenvalue weighted by Gasteiger charge is -2.20. The van der Waals surface area contributed by atoms with Gasteiger partial charge in [-0.05, 0) is 37.6 Å². The van der Waals surface area contributed by atoms with Gasteiger partial charge in [0, 0.05) is 10.5 Å². The largest absolute Gasteiger partial charge is 0.481 e. The fraction of sp³-hybridized carbons (Fsp3) is 0.467. The van der Waals surface area contributed by atoms with Gasteiger partial charge in [0.2, 0.25) is 0 Å². The Labute approximate surface area is 132 Å². The Bertz CT molecular complexity index is 475. The summed E-state index contributed by atoms with van der Waals surface area (Å²) >= 11 is 3.32. The van der Waals surface area contributed by atoms with Gasteiger partial charge in [0.05, 0.1) is 6.42 Å². The second kappa shape index (κ2) is 8.67. The van der Waals surface area contributed by atoms with Gasteiger partial charge in [-0.1, -0.05) is 29.3 Å². The van der Waals surface area contributed by atoms with Crippen molar-refractivity contribution in [2.45, 2.75) is 45.3 Å². The molecule has 0 aliphatic heterocycles. The molecule has 0 fully saturated rings. The van der Waals surface area contributed by atoms with Crippen LogP contribution in [0.5, 0.6) is 5.75 Å². The van der Waals surface area contributed by atoms with E-state index in [0.29, 0.717) is 12.2 Å². The minimum Gasteiger partial charge on any atom is -0.481 e. The van der Waals surface area contributed by atoms with Gasteiger partial charge in [-0.25, -0.2) is 0 Å². The highest BCUT2D eigenvalue weighted by molar-refractivity contribution is 9.10. The normalized spacial score (nSPS) is 13.3. The number of carboxylic acids is 1. The summed E-state index contributed by atoms with van der Waals surface area (Å²) in [5.74, 6) is -0.640. The monoisotopic (exact) mass is 357 g/mol. The van der Waals surface area contributed by atoms with Crippen molar-refractivity contribution in [3.05, 3.63) is 28.7 Å². The molecule has 0 aromatic heterocycles. The topological polar surface area (TPSA) is 75.6 Å². The van der Waals surface area contributed by atoms with Crippen LogP contribution in [0.3, 0.4) is 0 Å². The van der Waals surface area contributed by atoms with E-state index in [1.165, 1.54) is 0 Å². The summed E-state index contributed by atoms with van der Waals surface area (Å²) < 4.78 is 6.46. The molecule has 116 valence electrons. The summed E-state index contributed by atoms with van der Waals surface area (Å²) in [6.45, 7) is 3.59. The van der Waals surface area contributed by atoms with E-state index in [1.54, 1.807) is 19.1 Å². The van der Waals surface area contributed by atoms with Crippen molar-refractivity contribution >= 4 is 27.8 Å². The summed E-state index contributed by atoms with van der Waals surface area (Å²) in [4.78, 5) is 22.8. The first-order valence-electron chi connectivity index (χ1n) is 6.86. The summed E-state index contributed by atoms with van der Waals surface area (Å²) in [5.41, 5.74) is 0.